The highest BCUT2D eigenvalue weighted by Crippen LogP contribution is 2.18. The number of carbonyl (C=O) groups is 1. The minimum absolute atomic E-state index is 0.160. The highest BCUT2D eigenvalue weighted by atomic mass is 19.1. The van der Waals surface area contributed by atoms with Gasteiger partial charge in [0, 0.05) is 5.56 Å². The number of hydrogen-bond donors (Lipinski definition) is 1. The summed E-state index contributed by atoms with van der Waals surface area (Å²) in [7, 11) is 0. The molecule has 2 aromatic rings. The van der Waals surface area contributed by atoms with Crippen molar-refractivity contribution in [3.05, 3.63) is 65.2 Å². The van der Waals surface area contributed by atoms with E-state index in [0.717, 1.165) is 12.1 Å². The average Bonchev–Trinajstić information content (AvgIpc) is 2.38. The quantitative estimate of drug-likeness (QED) is 0.921. The zero-order valence-corrected chi connectivity index (χ0v) is 9.90. The zero-order chi connectivity index (χ0) is 13.8. The van der Waals surface area contributed by atoms with E-state index in [1.54, 1.807) is 12.1 Å². The van der Waals surface area contributed by atoms with E-state index in [1.807, 2.05) is 0 Å². The summed E-state index contributed by atoms with van der Waals surface area (Å²) in [6, 6.07) is 9.68. The topological polar surface area (TPSA) is 52.3 Å². The van der Waals surface area contributed by atoms with Crippen LogP contribution in [0.15, 0.2) is 42.5 Å². The van der Waals surface area contributed by atoms with Crippen molar-refractivity contribution in [2.24, 2.45) is 5.73 Å². The molecular weight excluding hydrogens is 252 g/mol. The molecule has 0 fully saturated rings. The van der Waals surface area contributed by atoms with Gasteiger partial charge in [0.05, 0.1) is 5.56 Å². The largest absolute Gasteiger partial charge is 0.489 e. The predicted molar refractivity (Wildman–Crippen MR) is 65.6 cm³/mol. The van der Waals surface area contributed by atoms with Gasteiger partial charge in [0.1, 0.15) is 24.0 Å². The second-order valence-corrected chi connectivity index (χ2v) is 3.88. The SMILES string of the molecule is NC(=O)c1cccc(OCc2c(F)cccc2F)c1. The molecule has 2 aromatic carbocycles. The zero-order valence-electron chi connectivity index (χ0n) is 9.90. The molecule has 2 rings (SSSR count). The first-order chi connectivity index (χ1) is 9.08. The van der Waals surface area contributed by atoms with Gasteiger partial charge in [-0.05, 0) is 30.3 Å². The first-order valence-electron chi connectivity index (χ1n) is 5.53. The number of rotatable bonds is 4. The highest BCUT2D eigenvalue weighted by molar-refractivity contribution is 5.93. The molecule has 0 aliphatic carbocycles. The van der Waals surface area contributed by atoms with E-state index in [-0.39, 0.29) is 17.7 Å². The molecule has 0 unspecified atom stereocenters. The average molecular weight is 263 g/mol. The van der Waals surface area contributed by atoms with E-state index >= 15 is 0 Å². The molecule has 0 aliphatic rings. The molecule has 0 heterocycles. The Labute approximate surface area is 108 Å². The fourth-order valence-electron chi connectivity index (χ4n) is 1.56. The van der Waals surface area contributed by atoms with Crippen LogP contribution in [0.3, 0.4) is 0 Å². The number of primary amides is 1. The van der Waals surface area contributed by atoms with Crippen molar-refractivity contribution in [1.82, 2.24) is 0 Å². The molecule has 0 radical (unpaired) electrons. The predicted octanol–water partition coefficient (Wildman–Crippen LogP) is 2.64. The molecule has 0 saturated heterocycles. The van der Waals surface area contributed by atoms with Crippen molar-refractivity contribution in [3.8, 4) is 5.75 Å². The Hall–Kier alpha value is -2.43. The van der Waals surface area contributed by atoms with Gasteiger partial charge in [-0.25, -0.2) is 8.78 Å². The molecule has 98 valence electrons. The molecule has 0 aromatic heterocycles. The molecule has 3 nitrogen and oxygen atoms in total. The summed E-state index contributed by atoms with van der Waals surface area (Å²) in [5.41, 5.74) is 5.23. The first kappa shape index (κ1) is 13.0. The molecule has 0 spiro atoms. The fourth-order valence-corrected chi connectivity index (χ4v) is 1.56. The summed E-state index contributed by atoms with van der Waals surface area (Å²) in [6.45, 7) is -0.263. The maximum Gasteiger partial charge on any atom is 0.248 e. The number of carbonyl (C=O) groups excluding carboxylic acids is 1. The molecule has 0 atom stereocenters. The molecule has 5 heteroatoms. The van der Waals surface area contributed by atoms with Crippen molar-refractivity contribution in [1.29, 1.82) is 0 Å². The van der Waals surface area contributed by atoms with Crippen LogP contribution in [-0.2, 0) is 6.61 Å². The van der Waals surface area contributed by atoms with E-state index < -0.39 is 17.5 Å². The minimum atomic E-state index is -0.675. The van der Waals surface area contributed by atoms with Gasteiger partial charge in [0.2, 0.25) is 5.91 Å². The van der Waals surface area contributed by atoms with E-state index in [4.69, 9.17) is 10.5 Å². The summed E-state index contributed by atoms with van der Waals surface area (Å²) in [4.78, 5) is 11.0. The summed E-state index contributed by atoms with van der Waals surface area (Å²) >= 11 is 0. The van der Waals surface area contributed by atoms with Crippen LogP contribution >= 0.6 is 0 Å². The van der Waals surface area contributed by atoms with Crippen molar-refractivity contribution in [3.63, 3.8) is 0 Å². The number of nitrogens with two attached hydrogens (primary N) is 1. The van der Waals surface area contributed by atoms with Crippen LogP contribution in [0.1, 0.15) is 15.9 Å². The van der Waals surface area contributed by atoms with Gasteiger partial charge >= 0.3 is 0 Å². The van der Waals surface area contributed by atoms with E-state index in [2.05, 4.69) is 0 Å². The Morgan fingerprint density at radius 1 is 1.11 bits per heavy atom. The number of ether oxygens (including phenoxy) is 1. The monoisotopic (exact) mass is 263 g/mol. The molecule has 1 amide bonds. The minimum Gasteiger partial charge on any atom is -0.489 e. The maximum atomic E-state index is 13.4. The van der Waals surface area contributed by atoms with E-state index in [0.29, 0.717) is 5.75 Å². The van der Waals surface area contributed by atoms with Crippen molar-refractivity contribution >= 4 is 5.91 Å². The standard InChI is InChI=1S/C14H11F2NO2/c15-12-5-2-6-13(16)11(12)8-19-10-4-1-3-9(7-10)14(17)18/h1-7H,8H2,(H2,17,18). The smallest absolute Gasteiger partial charge is 0.248 e. The lowest BCUT2D eigenvalue weighted by Gasteiger charge is -2.08. The van der Waals surface area contributed by atoms with Gasteiger partial charge in [-0.3, -0.25) is 4.79 Å². The van der Waals surface area contributed by atoms with Gasteiger partial charge in [0.15, 0.2) is 0 Å². The van der Waals surface area contributed by atoms with Crippen LogP contribution in [0.4, 0.5) is 8.78 Å². The third kappa shape index (κ3) is 3.07. The Morgan fingerprint density at radius 3 is 2.37 bits per heavy atom. The summed E-state index contributed by atoms with van der Waals surface area (Å²) in [5, 5.41) is 0. The van der Waals surface area contributed by atoms with Gasteiger partial charge < -0.3 is 10.5 Å². The lowest BCUT2D eigenvalue weighted by Crippen LogP contribution is -2.11. The Morgan fingerprint density at radius 2 is 1.74 bits per heavy atom. The summed E-state index contributed by atoms with van der Waals surface area (Å²) in [6.07, 6.45) is 0. The first-order valence-corrected chi connectivity index (χ1v) is 5.53. The molecular formula is C14H11F2NO2. The van der Waals surface area contributed by atoms with Crippen molar-refractivity contribution in [2.45, 2.75) is 6.61 Å². The molecule has 2 N–H and O–H groups in total. The lowest BCUT2D eigenvalue weighted by atomic mass is 10.2. The van der Waals surface area contributed by atoms with Crippen LogP contribution in [0.2, 0.25) is 0 Å². The van der Waals surface area contributed by atoms with Gasteiger partial charge in [0.25, 0.3) is 0 Å². The van der Waals surface area contributed by atoms with Crippen LogP contribution in [-0.4, -0.2) is 5.91 Å². The van der Waals surface area contributed by atoms with Crippen LogP contribution in [0.5, 0.6) is 5.75 Å². The second kappa shape index (κ2) is 5.48. The van der Waals surface area contributed by atoms with E-state index in [9.17, 15) is 13.6 Å². The third-order valence-electron chi connectivity index (χ3n) is 2.56. The van der Waals surface area contributed by atoms with Gasteiger partial charge in [-0.15, -0.1) is 0 Å². The van der Waals surface area contributed by atoms with E-state index in [1.165, 1.54) is 18.2 Å². The number of benzene rings is 2. The van der Waals surface area contributed by atoms with Crippen LogP contribution in [0, 0.1) is 11.6 Å². The number of hydrogen-bond acceptors (Lipinski definition) is 2. The van der Waals surface area contributed by atoms with Crippen molar-refractivity contribution < 1.29 is 18.3 Å². The maximum absolute atomic E-state index is 13.4. The normalized spacial score (nSPS) is 10.2. The van der Waals surface area contributed by atoms with Gasteiger partial charge in [-0.2, -0.15) is 0 Å². The second-order valence-electron chi connectivity index (χ2n) is 3.88. The third-order valence-corrected chi connectivity index (χ3v) is 2.56. The molecule has 0 bridgehead atoms. The Kier molecular flexibility index (Phi) is 3.75. The summed E-state index contributed by atoms with van der Waals surface area (Å²) in [5.74, 6) is -1.63. The Balaban J connectivity index is 2.15. The Bertz CT molecular complexity index is 594. The van der Waals surface area contributed by atoms with Crippen molar-refractivity contribution in [2.75, 3.05) is 0 Å². The molecule has 19 heavy (non-hydrogen) atoms. The van der Waals surface area contributed by atoms with Crippen LogP contribution in [0.25, 0.3) is 0 Å². The highest BCUT2D eigenvalue weighted by Gasteiger charge is 2.09. The number of amides is 1. The summed E-state index contributed by atoms with van der Waals surface area (Å²) < 4.78 is 32.0. The number of halogens is 2. The van der Waals surface area contributed by atoms with Crippen LogP contribution < -0.4 is 10.5 Å². The lowest BCUT2D eigenvalue weighted by molar-refractivity contribution is 0.0999. The van der Waals surface area contributed by atoms with Gasteiger partial charge in [-0.1, -0.05) is 12.1 Å². The molecule has 0 aliphatic heterocycles. The fraction of sp³-hybridized carbons (Fsp3) is 0.0714. The molecule has 0 saturated carbocycles.